The number of fused-ring (bicyclic) bond motifs is 1. The monoisotopic (exact) mass is 406 g/mol. The Hall–Kier alpha value is -2.97. The smallest absolute Gasteiger partial charge is 0.274 e. The van der Waals surface area contributed by atoms with Crippen LogP contribution in [0.4, 0.5) is 11.4 Å². The summed E-state index contributed by atoms with van der Waals surface area (Å²) in [5, 5.41) is 14.7. The maximum atomic E-state index is 12.2. The molecule has 27 heavy (non-hydrogen) atoms. The van der Waals surface area contributed by atoms with Crippen LogP contribution in [0.1, 0.15) is 5.56 Å². The minimum atomic E-state index is -0.512. The number of ether oxygens (including phenoxy) is 1. The fourth-order valence-electron chi connectivity index (χ4n) is 2.46. The molecule has 0 aliphatic heterocycles. The van der Waals surface area contributed by atoms with Gasteiger partial charge in [-0.25, -0.2) is 9.97 Å². The molecule has 0 atom stereocenters. The predicted octanol–water partition coefficient (Wildman–Crippen LogP) is 4.17. The molecule has 0 unspecified atom stereocenters. The van der Waals surface area contributed by atoms with Gasteiger partial charge in [-0.1, -0.05) is 29.3 Å². The molecule has 3 aromatic rings. The first kappa shape index (κ1) is 18.8. The molecule has 1 amide bonds. The van der Waals surface area contributed by atoms with Crippen molar-refractivity contribution in [3.63, 3.8) is 0 Å². The number of benzene rings is 2. The number of nitrogens with one attached hydrogen (secondary N) is 1. The zero-order chi connectivity index (χ0) is 19.6. The largest absolute Gasteiger partial charge is 0.467 e. The van der Waals surface area contributed by atoms with Crippen molar-refractivity contribution in [3.05, 3.63) is 62.4 Å². The molecule has 0 spiro atoms. The lowest BCUT2D eigenvalue weighted by molar-refractivity contribution is -0.385. The summed E-state index contributed by atoms with van der Waals surface area (Å²) < 4.78 is 5.47. The molecule has 1 aromatic heterocycles. The van der Waals surface area contributed by atoms with Crippen LogP contribution in [0.25, 0.3) is 10.9 Å². The number of carbonyl (C=O) groups is 1. The lowest BCUT2D eigenvalue weighted by atomic mass is 10.1. The third kappa shape index (κ3) is 4.07. The minimum absolute atomic E-state index is 0.0835. The Morgan fingerprint density at radius 3 is 2.81 bits per heavy atom. The Morgan fingerprint density at radius 2 is 2.07 bits per heavy atom. The Morgan fingerprint density at radius 1 is 1.30 bits per heavy atom. The van der Waals surface area contributed by atoms with Crippen LogP contribution >= 0.6 is 23.2 Å². The van der Waals surface area contributed by atoms with Gasteiger partial charge in [0.1, 0.15) is 6.33 Å². The summed E-state index contributed by atoms with van der Waals surface area (Å²) in [6, 6.07) is 7.55. The van der Waals surface area contributed by atoms with Gasteiger partial charge in [0.05, 0.1) is 32.1 Å². The molecule has 3 rings (SSSR count). The molecular formula is C17H12Cl2N4O4. The van der Waals surface area contributed by atoms with E-state index in [1.54, 1.807) is 25.1 Å². The van der Waals surface area contributed by atoms with Gasteiger partial charge in [0.15, 0.2) is 6.61 Å². The van der Waals surface area contributed by atoms with Crippen LogP contribution in [0.3, 0.4) is 0 Å². The molecule has 1 N–H and O–H groups in total. The van der Waals surface area contributed by atoms with Crippen LogP contribution in [0, 0.1) is 17.0 Å². The number of halogens is 2. The zero-order valence-electron chi connectivity index (χ0n) is 13.9. The van der Waals surface area contributed by atoms with E-state index >= 15 is 0 Å². The predicted molar refractivity (Wildman–Crippen MR) is 102 cm³/mol. The van der Waals surface area contributed by atoms with E-state index < -0.39 is 10.8 Å². The van der Waals surface area contributed by atoms with Crippen LogP contribution < -0.4 is 10.1 Å². The first-order chi connectivity index (χ1) is 12.9. The summed E-state index contributed by atoms with van der Waals surface area (Å²) in [7, 11) is 0. The SMILES string of the molecule is Cc1c(NC(=O)COc2ncnc3c(Cl)cc(Cl)cc23)cccc1[N+](=O)[O-]. The summed E-state index contributed by atoms with van der Waals surface area (Å²) in [5.41, 5.74) is 1.04. The van der Waals surface area contributed by atoms with Gasteiger partial charge in [-0.05, 0) is 25.1 Å². The number of hydrogen-bond donors (Lipinski definition) is 1. The fourth-order valence-corrected chi connectivity index (χ4v) is 3.00. The second-order valence-electron chi connectivity index (χ2n) is 5.51. The molecule has 138 valence electrons. The van der Waals surface area contributed by atoms with Crippen LogP contribution in [0.15, 0.2) is 36.7 Å². The molecule has 0 aliphatic rings. The molecule has 0 aliphatic carbocycles. The van der Waals surface area contributed by atoms with E-state index in [0.29, 0.717) is 32.2 Å². The topological polar surface area (TPSA) is 107 Å². The number of aromatic nitrogens is 2. The normalized spacial score (nSPS) is 10.6. The standard InChI is InChI=1S/C17H12Cl2N4O4/c1-9-13(3-2-4-14(9)23(25)26)22-15(24)7-27-17-11-5-10(18)6-12(19)16(11)20-8-21-17/h2-6,8H,7H2,1H3,(H,22,24). The first-order valence-corrected chi connectivity index (χ1v) is 8.39. The molecule has 0 saturated heterocycles. The van der Waals surface area contributed by atoms with Crippen LogP contribution in [0.5, 0.6) is 5.88 Å². The fraction of sp³-hybridized carbons (Fsp3) is 0.118. The Kier molecular flexibility index (Phi) is 5.38. The van der Waals surface area contributed by atoms with Gasteiger partial charge in [0.2, 0.25) is 5.88 Å². The number of nitrogens with zero attached hydrogens (tertiary/aromatic N) is 3. The summed E-state index contributed by atoms with van der Waals surface area (Å²) in [4.78, 5) is 30.7. The number of carbonyl (C=O) groups excluding carboxylic acids is 1. The number of anilines is 1. The highest BCUT2D eigenvalue weighted by molar-refractivity contribution is 6.38. The van der Waals surface area contributed by atoms with Gasteiger partial charge in [-0.3, -0.25) is 14.9 Å². The van der Waals surface area contributed by atoms with Gasteiger partial charge in [-0.15, -0.1) is 0 Å². The maximum absolute atomic E-state index is 12.2. The third-order valence-corrected chi connectivity index (χ3v) is 4.24. The second kappa shape index (κ2) is 7.73. The van der Waals surface area contributed by atoms with Crippen molar-refractivity contribution in [3.8, 4) is 5.88 Å². The van der Waals surface area contributed by atoms with E-state index in [9.17, 15) is 14.9 Å². The quantitative estimate of drug-likeness (QED) is 0.503. The average molecular weight is 407 g/mol. The van der Waals surface area contributed by atoms with Crippen molar-refractivity contribution in [2.75, 3.05) is 11.9 Å². The lowest BCUT2D eigenvalue weighted by Gasteiger charge is -2.11. The van der Waals surface area contributed by atoms with Gasteiger partial charge in [0, 0.05) is 11.1 Å². The van der Waals surface area contributed by atoms with Crippen molar-refractivity contribution in [2.24, 2.45) is 0 Å². The van der Waals surface area contributed by atoms with Gasteiger partial charge < -0.3 is 10.1 Å². The van der Waals surface area contributed by atoms with Crippen molar-refractivity contribution in [1.82, 2.24) is 9.97 Å². The summed E-state index contributed by atoms with van der Waals surface area (Å²) >= 11 is 12.1. The summed E-state index contributed by atoms with van der Waals surface area (Å²) in [6.45, 7) is 1.19. The van der Waals surface area contributed by atoms with Crippen molar-refractivity contribution < 1.29 is 14.5 Å². The number of nitro benzene ring substituents is 1. The zero-order valence-corrected chi connectivity index (χ0v) is 15.4. The molecule has 8 nitrogen and oxygen atoms in total. The van der Waals surface area contributed by atoms with Crippen LogP contribution in [0.2, 0.25) is 10.0 Å². The first-order valence-electron chi connectivity index (χ1n) is 7.63. The van der Waals surface area contributed by atoms with Gasteiger partial charge in [0.25, 0.3) is 11.6 Å². The maximum Gasteiger partial charge on any atom is 0.274 e. The molecule has 0 saturated carbocycles. The molecule has 0 radical (unpaired) electrons. The Bertz CT molecular complexity index is 1060. The molecule has 10 heteroatoms. The molecule has 2 aromatic carbocycles. The highest BCUT2D eigenvalue weighted by atomic mass is 35.5. The highest BCUT2D eigenvalue weighted by Crippen LogP contribution is 2.31. The van der Waals surface area contributed by atoms with Gasteiger partial charge in [-0.2, -0.15) is 0 Å². The van der Waals surface area contributed by atoms with Crippen LogP contribution in [-0.2, 0) is 4.79 Å². The minimum Gasteiger partial charge on any atom is -0.467 e. The van der Waals surface area contributed by atoms with E-state index in [2.05, 4.69) is 15.3 Å². The molecular weight excluding hydrogens is 395 g/mol. The van der Waals surface area contributed by atoms with E-state index in [4.69, 9.17) is 27.9 Å². The highest BCUT2D eigenvalue weighted by Gasteiger charge is 2.16. The Balaban J connectivity index is 1.77. The van der Waals surface area contributed by atoms with Crippen LogP contribution in [-0.4, -0.2) is 27.4 Å². The number of hydrogen-bond acceptors (Lipinski definition) is 6. The number of rotatable bonds is 5. The molecule has 1 heterocycles. The Labute approximate surface area is 163 Å². The summed E-state index contributed by atoms with van der Waals surface area (Å²) in [5.74, 6) is -0.353. The van der Waals surface area contributed by atoms with Crippen molar-refractivity contribution in [2.45, 2.75) is 6.92 Å². The summed E-state index contributed by atoms with van der Waals surface area (Å²) in [6.07, 6.45) is 1.26. The van der Waals surface area contributed by atoms with E-state index in [0.717, 1.165) is 0 Å². The van der Waals surface area contributed by atoms with E-state index in [-0.39, 0.29) is 18.2 Å². The van der Waals surface area contributed by atoms with Crippen molar-refractivity contribution in [1.29, 1.82) is 0 Å². The van der Waals surface area contributed by atoms with E-state index in [1.807, 2.05) is 0 Å². The lowest BCUT2D eigenvalue weighted by Crippen LogP contribution is -2.21. The van der Waals surface area contributed by atoms with Gasteiger partial charge >= 0.3 is 0 Å². The average Bonchev–Trinajstić information content (AvgIpc) is 2.61. The second-order valence-corrected chi connectivity index (χ2v) is 6.35. The molecule has 0 bridgehead atoms. The number of amides is 1. The number of nitro groups is 1. The third-order valence-electron chi connectivity index (χ3n) is 3.74. The molecule has 0 fully saturated rings. The van der Waals surface area contributed by atoms with Crippen molar-refractivity contribution >= 4 is 51.4 Å². The van der Waals surface area contributed by atoms with E-state index in [1.165, 1.54) is 18.5 Å².